The van der Waals surface area contributed by atoms with E-state index in [-0.39, 0.29) is 12.3 Å². The maximum Gasteiger partial charge on any atom is 0.236 e. The molecule has 0 atom stereocenters. The minimum absolute atomic E-state index is 0.101. The Morgan fingerprint density at radius 1 is 1.08 bits per heavy atom. The molecule has 0 aliphatic carbocycles. The number of aromatic nitrogens is 2. The molecule has 0 aliphatic rings. The summed E-state index contributed by atoms with van der Waals surface area (Å²) < 4.78 is 5.20. The van der Waals surface area contributed by atoms with Gasteiger partial charge in [-0.25, -0.2) is 0 Å². The second kappa shape index (κ2) is 8.24. The van der Waals surface area contributed by atoms with Gasteiger partial charge in [0.2, 0.25) is 17.6 Å². The van der Waals surface area contributed by atoms with Gasteiger partial charge < -0.3 is 9.84 Å². The molecule has 0 fully saturated rings. The van der Waals surface area contributed by atoms with E-state index in [1.54, 1.807) is 0 Å². The van der Waals surface area contributed by atoms with E-state index in [0.717, 1.165) is 24.0 Å². The fraction of sp³-hybridized carbons (Fsp3) is 0.250. The number of hydrogen-bond acceptors (Lipinski definition) is 4. The SMILES string of the molecule is Cc1ccccc1-c1noc(CC(=O)NCCCc2ccccc2)n1. The van der Waals surface area contributed by atoms with E-state index in [4.69, 9.17) is 4.52 Å². The maximum absolute atomic E-state index is 12.0. The molecule has 0 saturated heterocycles. The minimum atomic E-state index is -0.104. The van der Waals surface area contributed by atoms with Crippen molar-refractivity contribution in [2.45, 2.75) is 26.2 Å². The highest BCUT2D eigenvalue weighted by Crippen LogP contribution is 2.19. The molecule has 0 radical (unpaired) electrons. The summed E-state index contributed by atoms with van der Waals surface area (Å²) in [4.78, 5) is 16.3. The summed E-state index contributed by atoms with van der Waals surface area (Å²) in [5.41, 5.74) is 3.26. The van der Waals surface area contributed by atoms with Gasteiger partial charge in [0, 0.05) is 12.1 Å². The number of aryl methyl sites for hydroxylation is 2. The van der Waals surface area contributed by atoms with Gasteiger partial charge in [-0.15, -0.1) is 0 Å². The summed E-state index contributed by atoms with van der Waals surface area (Å²) >= 11 is 0. The van der Waals surface area contributed by atoms with Crippen LogP contribution >= 0.6 is 0 Å². The Labute approximate surface area is 147 Å². The Balaban J connectivity index is 1.46. The molecular formula is C20H21N3O2. The van der Waals surface area contributed by atoms with Crippen LogP contribution in [0.25, 0.3) is 11.4 Å². The Kier molecular flexibility index (Phi) is 5.57. The summed E-state index contributed by atoms with van der Waals surface area (Å²) in [5, 5.41) is 6.87. The van der Waals surface area contributed by atoms with E-state index in [1.807, 2.05) is 49.4 Å². The van der Waals surface area contributed by atoms with E-state index in [0.29, 0.717) is 18.3 Å². The van der Waals surface area contributed by atoms with Gasteiger partial charge in [-0.2, -0.15) is 4.98 Å². The van der Waals surface area contributed by atoms with E-state index in [1.165, 1.54) is 5.56 Å². The van der Waals surface area contributed by atoms with Crippen LogP contribution < -0.4 is 5.32 Å². The number of carbonyl (C=O) groups is 1. The van der Waals surface area contributed by atoms with Gasteiger partial charge in [0.1, 0.15) is 6.42 Å². The lowest BCUT2D eigenvalue weighted by molar-refractivity contribution is -0.120. The molecule has 5 nitrogen and oxygen atoms in total. The second-order valence-corrected chi connectivity index (χ2v) is 5.94. The number of rotatable bonds is 7. The predicted octanol–water partition coefficient (Wildman–Crippen LogP) is 3.34. The zero-order valence-electron chi connectivity index (χ0n) is 14.2. The van der Waals surface area contributed by atoms with Crippen LogP contribution in [0.15, 0.2) is 59.1 Å². The van der Waals surface area contributed by atoms with Crippen LogP contribution in [0, 0.1) is 6.92 Å². The van der Waals surface area contributed by atoms with Crippen LogP contribution in [0.3, 0.4) is 0 Å². The molecule has 3 aromatic rings. The third-order valence-electron chi connectivity index (χ3n) is 3.97. The lowest BCUT2D eigenvalue weighted by Gasteiger charge is -2.03. The Morgan fingerprint density at radius 3 is 2.64 bits per heavy atom. The van der Waals surface area contributed by atoms with Gasteiger partial charge in [-0.1, -0.05) is 59.8 Å². The topological polar surface area (TPSA) is 68.0 Å². The number of hydrogen-bond donors (Lipinski definition) is 1. The first-order valence-electron chi connectivity index (χ1n) is 8.41. The Bertz CT molecular complexity index is 828. The highest BCUT2D eigenvalue weighted by molar-refractivity contribution is 5.77. The van der Waals surface area contributed by atoms with Crippen molar-refractivity contribution >= 4 is 5.91 Å². The molecule has 2 aromatic carbocycles. The highest BCUT2D eigenvalue weighted by Gasteiger charge is 2.13. The molecule has 1 aromatic heterocycles. The lowest BCUT2D eigenvalue weighted by atomic mass is 10.1. The zero-order chi connectivity index (χ0) is 17.5. The van der Waals surface area contributed by atoms with Crippen molar-refractivity contribution in [2.24, 2.45) is 0 Å². The van der Waals surface area contributed by atoms with Crippen molar-refractivity contribution in [3.8, 4) is 11.4 Å². The van der Waals surface area contributed by atoms with Gasteiger partial charge in [0.15, 0.2) is 0 Å². The van der Waals surface area contributed by atoms with Crippen molar-refractivity contribution < 1.29 is 9.32 Å². The highest BCUT2D eigenvalue weighted by atomic mass is 16.5. The number of carbonyl (C=O) groups excluding carboxylic acids is 1. The third-order valence-corrected chi connectivity index (χ3v) is 3.97. The van der Waals surface area contributed by atoms with Crippen LogP contribution in [0.5, 0.6) is 0 Å². The number of nitrogens with zero attached hydrogens (tertiary/aromatic N) is 2. The van der Waals surface area contributed by atoms with Gasteiger partial charge in [-0.05, 0) is 30.9 Å². The predicted molar refractivity (Wildman–Crippen MR) is 95.9 cm³/mol. The summed E-state index contributed by atoms with van der Waals surface area (Å²) in [7, 11) is 0. The Morgan fingerprint density at radius 2 is 1.84 bits per heavy atom. The van der Waals surface area contributed by atoms with Crippen molar-refractivity contribution in [1.82, 2.24) is 15.5 Å². The summed E-state index contributed by atoms with van der Waals surface area (Å²) in [6.07, 6.45) is 1.94. The number of nitrogens with one attached hydrogen (secondary N) is 1. The number of benzene rings is 2. The molecule has 0 saturated carbocycles. The normalized spacial score (nSPS) is 10.6. The van der Waals surface area contributed by atoms with Crippen LogP contribution in [0.1, 0.15) is 23.4 Å². The smallest absolute Gasteiger partial charge is 0.236 e. The van der Waals surface area contributed by atoms with Crippen LogP contribution in [-0.4, -0.2) is 22.6 Å². The lowest BCUT2D eigenvalue weighted by Crippen LogP contribution is -2.26. The molecule has 25 heavy (non-hydrogen) atoms. The molecule has 0 spiro atoms. The molecule has 0 bridgehead atoms. The van der Waals surface area contributed by atoms with Crippen LogP contribution in [0.2, 0.25) is 0 Å². The average Bonchev–Trinajstić information content (AvgIpc) is 3.08. The first kappa shape index (κ1) is 16.9. The second-order valence-electron chi connectivity index (χ2n) is 5.94. The van der Waals surface area contributed by atoms with Crippen LogP contribution in [-0.2, 0) is 17.6 Å². The first-order chi connectivity index (χ1) is 12.2. The monoisotopic (exact) mass is 335 g/mol. The van der Waals surface area contributed by atoms with E-state index >= 15 is 0 Å². The van der Waals surface area contributed by atoms with Crippen LogP contribution in [0.4, 0.5) is 0 Å². The van der Waals surface area contributed by atoms with Gasteiger partial charge in [-0.3, -0.25) is 4.79 Å². The average molecular weight is 335 g/mol. The molecule has 5 heteroatoms. The zero-order valence-corrected chi connectivity index (χ0v) is 14.2. The van der Waals surface area contributed by atoms with E-state index in [9.17, 15) is 4.79 Å². The van der Waals surface area contributed by atoms with Gasteiger partial charge in [0.25, 0.3) is 0 Å². The summed E-state index contributed by atoms with van der Waals surface area (Å²) in [5.74, 6) is 0.747. The summed E-state index contributed by atoms with van der Waals surface area (Å²) in [6.45, 7) is 2.62. The van der Waals surface area contributed by atoms with Crippen molar-refractivity contribution in [3.63, 3.8) is 0 Å². The quantitative estimate of drug-likeness (QED) is 0.673. The largest absolute Gasteiger partial charge is 0.356 e. The van der Waals surface area contributed by atoms with Crippen molar-refractivity contribution in [3.05, 3.63) is 71.6 Å². The summed E-state index contributed by atoms with van der Waals surface area (Å²) in [6, 6.07) is 18.0. The molecule has 3 rings (SSSR count). The van der Waals surface area contributed by atoms with Gasteiger partial charge in [0.05, 0.1) is 0 Å². The van der Waals surface area contributed by atoms with E-state index in [2.05, 4.69) is 27.6 Å². The molecule has 0 aliphatic heterocycles. The maximum atomic E-state index is 12.0. The molecule has 0 unspecified atom stereocenters. The van der Waals surface area contributed by atoms with Gasteiger partial charge >= 0.3 is 0 Å². The third kappa shape index (κ3) is 4.76. The minimum Gasteiger partial charge on any atom is -0.356 e. The fourth-order valence-electron chi connectivity index (χ4n) is 2.62. The van der Waals surface area contributed by atoms with E-state index < -0.39 is 0 Å². The molecule has 128 valence electrons. The molecule has 1 N–H and O–H groups in total. The fourth-order valence-corrected chi connectivity index (χ4v) is 2.62. The first-order valence-corrected chi connectivity index (χ1v) is 8.41. The molecular weight excluding hydrogens is 314 g/mol. The van der Waals surface area contributed by atoms with Crippen molar-refractivity contribution in [1.29, 1.82) is 0 Å². The Hall–Kier alpha value is -2.95. The molecule has 1 amide bonds. The molecule has 1 heterocycles. The standard InChI is InChI=1S/C20H21N3O2/c1-15-8-5-6-12-17(15)20-22-19(25-23-20)14-18(24)21-13-7-11-16-9-3-2-4-10-16/h2-6,8-10,12H,7,11,13-14H2,1H3,(H,21,24). The van der Waals surface area contributed by atoms with Crippen molar-refractivity contribution in [2.75, 3.05) is 6.54 Å². The number of amides is 1.